The van der Waals surface area contributed by atoms with Crippen molar-refractivity contribution in [1.29, 1.82) is 0 Å². The highest BCUT2D eigenvalue weighted by Gasteiger charge is 2.37. The van der Waals surface area contributed by atoms with E-state index in [1.165, 1.54) is 5.56 Å². The molecule has 0 fully saturated rings. The third kappa shape index (κ3) is 3.64. The van der Waals surface area contributed by atoms with Gasteiger partial charge in [0.05, 0.1) is 19.4 Å². The number of aryl methyl sites for hydroxylation is 1. The van der Waals surface area contributed by atoms with Crippen LogP contribution in [0.4, 0.5) is 0 Å². The molecular weight excluding hydrogens is 348 g/mol. The van der Waals surface area contributed by atoms with E-state index < -0.39 is 6.10 Å². The van der Waals surface area contributed by atoms with Gasteiger partial charge in [-0.1, -0.05) is 72.3 Å². The van der Waals surface area contributed by atoms with Gasteiger partial charge in [-0.05, 0) is 30.2 Å². The number of hydrogen-bond acceptors (Lipinski definition) is 4. The van der Waals surface area contributed by atoms with E-state index in [1.807, 2.05) is 71.7 Å². The van der Waals surface area contributed by atoms with Gasteiger partial charge in [0, 0.05) is 5.56 Å². The van der Waals surface area contributed by atoms with Gasteiger partial charge in [0.25, 0.3) is 0 Å². The van der Waals surface area contributed by atoms with Crippen LogP contribution in [0.3, 0.4) is 0 Å². The third-order valence-electron chi connectivity index (χ3n) is 5.13. The zero-order chi connectivity index (χ0) is 19.5. The van der Waals surface area contributed by atoms with Crippen LogP contribution in [0.15, 0.2) is 84.0 Å². The second-order valence-electron chi connectivity index (χ2n) is 7.10. The van der Waals surface area contributed by atoms with Crippen molar-refractivity contribution in [2.45, 2.75) is 25.6 Å². The predicted octanol–water partition coefficient (Wildman–Crippen LogP) is 4.33. The second-order valence-corrected chi connectivity index (χ2v) is 7.10. The van der Waals surface area contributed by atoms with E-state index in [-0.39, 0.29) is 6.04 Å². The van der Waals surface area contributed by atoms with E-state index >= 15 is 0 Å². The molecule has 3 aromatic carbocycles. The van der Waals surface area contributed by atoms with E-state index in [9.17, 15) is 5.11 Å². The molecule has 0 bridgehead atoms. The molecule has 28 heavy (non-hydrogen) atoms. The minimum Gasteiger partial charge on any atom is -0.497 e. The Balaban J connectivity index is 1.70. The van der Waals surface area contributed by atoms with Crippen molar-refractivity contribution in [3.63, 3.8) is 0 Å². The summed E-state index contributed by atoms with van der Waals surface area (Å²) in [5, 5.41) is 18.0. The Labute approximate surface area is 165 Å². The molecule has 0 aromatic heterocycles. The molecule has 0 saturated carbocycles. The first-order valence-corrected chi connectivity index (χ1v) is 9.44. The van der Waals surface area contributed by atoms with Crippen LogP contribution in [0.5, 0.6) is 5.75 Å². The third-order valence-corrected chi connectivity index (χ3v) is 5.13. The van der Waals surface area contributed by atoms with Crippen molar-refractivity contribution in [1.82, 2.24) is 5.01 Å². The Kier molecular flexibility index (Phi) is 5.13. The molecule has 0 unspecified atom stereocenters. The molecule has 1 aliphatic heterocycles. The summed E-state index contributed by atoms with van der Waals surface area (Å²) in [6.45, 7) is 2.68. The number of hydrogen-bond donors (Lipinski definition) is 1. The zero-order valence-corrected chi connectivity index (χ0v) is 16.1. The lowest BCUT2D eigenvalue weighted by atomic mass is 9.95. The largest absolute Gasteiger partial charge is 0.497 e. The number of benzene rings is 3. The van der Waals surface area contributed by atoms with Crippen LogP contribution < -0.4 is 4.74 Å². The predicted molar refractivity (Wildman–Crippen MR) is 111 cm³/mol. The van der Waals surface area contributed by atoms with Gasteiger partial charge < -0.3 is 9.84 Å². The average Bonchev–Trinajstić information content (AvgIpc) is 3.05. The molecule has 4 rings (SSSR count). The van der Waals surface area contributed by atoms with Gasteiger partial charge in [0.15, 0.2) is 0 Å². The van der Waals surface area contributed by atoms with Gasteiger partial charge in [-0.25, -0.2) is 0 Å². The van der Waals surface area contributed by atoms with E-state index in [1.54, 1.807) is 7.11 Å². The van der Waals surface area contributed by atoms with Crippen LogP contribution in [0, 0.1) is 6.92 Å². The molecule has 142 valence electrons. The van der Waals surface area contributed by atoms with Gasteiger partial charge >= 0.3 is 0 Å². The van der Waals surface area contributed by atoms with Crippen molar-refractivity contribution in [2.75, 3.05) is 7.11 Å². The molecule has 1 N–H and O–H groups in total. The standard InChI is InChI=1S/C24H24N2O2/c1-17-8-10-19(11-9-17)22-24(27)23(20-12-14-21(28-2)15-13-20)26(25-22)16-18-6-4-3-5-7-18/h3-15,23-24,27H,16H2,1-2H3/t23-,24-/m1/s1. The van der Waals surface area contributed by atoms with Crippen LogP contribution in [0.2, 0.25) is 0 Å². The number of aliphatic hydroxyl groups excluding tert-OH is 1. The molecule has 1 aliphatic rings. The highest BCUT2D eigenvalue weighted by molar-refractivity contribution is 6.05. The Morgan fingerprint density at radius 2 is 1.61 bits per heavy atom. The maximum atomic E-state index is 11.2. The second kappa shape index (κ2) is 7.87. The van der Waals surface area contributed by atoms with Gasteiger partial charge in [0.2, 0.25) is 0 Å². The fourth-order valence-electron chi connectivity index (χ4n) is 3.58. The van der Waals surface area contributed by atoms with Crippen LogP contribution in [0.1, 0.15) is 28.3 Å². The van der Waals surface area contributed by atoms with Gasteiger partial charge in [-0.3, -0.25) is 5.01 Å². The van der Waals surface area contributed by atoms with Crippen molar-refractivity contribution in [2.24, 2.45) is 5.10 Å². The molecule has 3 aromatic rings. The highest BCUT2D eigenvalue weighted by atomic mass is 16.5. The smallest absolute Gasteiger partial charge is 0.124 e. The highest BCUT2D eigenvalue weighted by Crippen LogP contribution is 2.35. The lowest BCUT2D eigenvalue weighted by Crippen LogP contribution is -2.29. The summed E-state index contributed by atoms with van der Waals surface area (Å²) in [5.41, 5.74) is 5.01. The summed E-state index contributed by atoms with van der Waals surface area (Å²) in [6.07, 6.45) is -0.709. The topological polar surface area (TPSA) is 45.1 Å². The van der Waals surface area contributed by atoms with Crippen molar-refractivity contribution in [3.8, 4) is 5.75 Å². The van der Waals surface area contributed by atoms with E-state index in [0.29, 0.717) is 12.3 Å². The molecule has 0 spiro atoms. The molecule has 0 aliphatic carbocycles. The first-order valence-electron chi connectivity index (χ1n) is 9.44. The Bertz CT molecular complexity index is 950. The summed E-state index contributed by atoms with van der Waals surface area (Å²) in [7, 11) is 1.65. The van der Waals surface area contributed by atoms with E-state index in [2.05, 4.69) is 19.1 Å². The average molecular weight is 372 g/mol. The minimum absolute atomic E-state index is 0.248. The lowest BCUT2D eigenvalue weighted by Gasteiger charge is -2.26. The Morgan fingerprint density at radius 3 is 2.25 bits per heavy atom. The first kappa shape index (κ1) is 18.3. The van der Waals surface area contributed by atoms with Gasteiger partial charge in [0.1, 0.15) is 17.9 Å². The minimum atomic E-state index is -0.709. The number of hydrazone groups is 1. The molecule has 0 saturated heterocycles. The fraction of sp³-hybridized carbons (Fsp3) is 0.208. The van der Waals surface area contributed by atoms with Crippen molar-refractivity contribution >= 4 is 5.71 Å². The van der Waals surface area contributed by atoms with Crippen LogP contribution in [0.25, 0.3) is 0 Å². The number of ether oxygens (including phenoxy) is 1. The molecule has 1 heterocycles. The summed E-state index contributed by atoms with van der Waals surface area (Å²) >= 11 is 0. The van der Waals surface area contributed by atoms with E-state index in [4.69, 9.17) is 9.84 Å². The van der Waals surface area contributed by atoms with E-state index in [0.717, 1.165) is 22.4 Å². The quantitative estimate of drug-likeness (QED) is 0.725. The maximum absolute atomic E-state index is 11.2. The zero-order valence-electron chi connectivity index (χ0n) is 16.1. The molecular formula is C24H24N2O2. The normalized spacial score (nSPS) is 18.8. The first-order chi connectivity index (χ1) is 13.7. The maximum Gasteiger partial charge on any atom is 0.124 e. The van der Waals surface area contributed by atoms with Gasteiger partial charge in [-0.2, -0.15) is 5.10 Å². The Hall–Kier alpha value is -3.11. The number of aliphatic hydroxyl groups is 1. The fourth-order valence-corrected chi connectivity index (χ4v) is 3.58. The molecule has 4 heteroatoms. The number of nitrogens with zero attached hydrogens (tertiary/aromatic N) is 2. The van der Waals surface area contributed by atoms with Crippen LogP contribution in [-0.2, 0) is 6.54 Å². The summed E-state index contributed by atoms with van der Waals surface area (Å²) < 4.78 is 5.28. The number of methoxy groups -OCH3 is 1. The summed E-state index contributed by atoms with van der Waals surface area (Å²) in [4.78, 5) is 0. The monoisotopic (exact) mass is 372 g/mol. The molecule has 4 nitrogen and oxygen atoms in total. The van der Waals surface area contributed by atoms with Crippen LogP contribution >= 0.6 is 0 Å². The number of rotatable bonds is 5. The van der Waals surface area contributed by atoms with Crippen LogP contribution in [-0.4, -0.2) is 29.0 Å². The summed E-state index contributed by atoms with van der Waals surface area (Å²) in [5.74, 6) is 0.797. The molecule has 0 radical (unpaired) electrons. The lowest BCUT2D eigenvalue weighted by molar-refractivity contribution is 0.114. The SMILES string of the molecule is COc1ccc([C@@H]2[C@H](O)C(c3ccc(C)cc3)=NN2Cc2ccccc2)cc1. The molecule has 0 amide bonds. The van der Waals surface area contributed by atoms with Crippen molar-refractivity contribution in [3.05, 3.63) is 101 Å². The van der Waals surface area contributed by atoms with Crippen molar-refractivity contribution < 1.29 is 9.84 Å². The summed E-state index contributed by atoms with van der Waals surface area (Å²) in [6, 6.07) is 25.9. The Morgan fingerprint density at radius 1 is 0.929 bits per heavy atom. The van der Waals surface area contributed by atoms with Gasteiger partial charge in [-0.15, -0.1) is 0 Å². The molecule has 2 atom stereocenters.